The van der Waals surface area contributed by atoms with Gasteiger partial charge in [0, 0.05) is 27.2 Å². The molecule has 2 aromatic rings. The molecule has 0 N–H and O–H groups in total. The zero-order valence-corrected chi connectivity index (χ0v) is 18.2. The molecule has 1 saturated heterocycles. The Morgan fingerprint density at radius 2 is 1.81 bits per heavy atom. The highest BCUT2D eigenvalue weighted by Gasteiger charge is 2.62. The molecule has 3 fully saturated rings. The predicted molar refractivity (Wildman–Crippen MR) is 122 cm³/mol. The van der Waals surface area contributed by atoms with E-state index in [9.17, 15) is 9.59 Å². The number of rotatable bonds is 3. The Morgan fingerprint density at radius 3 is 2.69 bits per heavy atom. The Morgan fingerprint density at radius 1 is 0.969 bits per heavy atom. The monoisotopic (exact) mass is 442 g/mol. The summed E-state index contributed by atoms with van der Waals surface area (Å²) in [5.74, 6) is 1.64. The normalized spacial score (nSPS) is 35.6. The minimum atomic E-state index is -0.308. The van der Waals surface area contributed by atoms with Crippen LogP contribution in [-0.4, -0.2) is 28.8 Å². The molecule has 0 amide bonds. The van der Waals surface area contributed by atoms with Crippen LogP contribution in [0.1, 0.15) is 23.2 Å². The first-order valence-corrected chi connectivity index (χ1v) is 12.5. The lowest BCUT2D eigenvalue weighted by atomic mass is 9.88. The fourth-order valence-corrected chi connectivity index (χ4v) is 8.66. The molecule has 2 heterocycles. The number of Topliss-reactive ketones (excluding diaryl/α,β-unsaturated/α-hetero) is 1. The van der Waals surface area contributed by atoms with Crippen molar-refractivity contribution < 1.29 is 19.1 Å². The van der Waals surface area contributed by atoms with Gasteiger partial charge in [0.05, 0.1) is 11.8 Å². The van der Waals surface area contributed by atoms with E-state index >= 15 is 0 Å². The summed E-state index contributed by atoms with van der Waals surface area (Å²) in [6, 6.07) is 16.3. The SMILES string of the molecule is O=C1c2ccccc2S(c2ccc(OC3C4CC5C(=O)OC3C5C4)cc2)=C2C=CC=CC12. The molecule has 7 atom stereocenters. The fourth-order valence-electron chi connectivity index (χ4n) is 6.22. The molecule has 5 heteroatoms. The van der Waals surface area contributed by atoms with E-state index in [0.717, 1.165) is 33.9 Å². The van der Waals surface area contributed by atoms with Gasteiger partial charge in [-0.3, -0.25) is 9.59 Å². The number of hydrogen-bond donors (Lipinski definition) is 0. The highest BCUT2D eigenvalue weighted by Crippen LogP contribution is 2.55. The van der Waals surface area contributed by atoms with Crippen molar-refractivity contribution in [2.75, 3.05) is 0 Å². The topological polar surface area (TPSA) is 52.6 Å². The summed E-state index contributed by atoms with van der Waals surface area (Å²) in [5.41, 5.74) is 0.824. The van der Waals surface area contributed by atoms with Crippen molar-refractivity contribution in [3.8, 4) is 5.75 Å². The van der Waals surface area contributed by atoms with Gasteiger partial charge in [-0.25, -0.2) is 0 Å². The van der Waals surface area contributed by atoms with Gasteiger partial charge in [0.2, 0.25) is 0 Å². The zero-order chi connectivity index (χ0) is 21.4. The van der Waals surface area contributed by atoms with Crippen molar-refractivity contribution in [1.82, 2.24) is 0 Å². The number of ketones is 1. The van der Waals surface area contributed by atoms with Crippen LogP contribution in [0, 0.1) is 23.7 Å². The molecule has 32 heavy (non-hydrogen) atoms. The van der Waals surface area contributed by atoms with E-state index in [1.54, 1.807) is 0 Å². The number of carbonyl (C=O) groups is 2. The Bertz CT molecular complexity index is 1250. The third kappa shape index (κ3) is 2.54. The molecule has 4 nitrogen and oxygen atoms in total. The van der Waals surface area contributed by atoms with Crippen LogP contribution in [0.5, 0.6) is 5.75 Å². The van der Waals surface area contributed by atoms with E-state index in [-0.39, 0.29) is 46.3 Å². The van der Waals surface area contributed by atoms with Crippen LogP contribution < -0.4 is 4.74 Å². The van der Waals surface area contributed by atoms with Crippen molar-refractivity contribution in [2.45, 2.75) is 34.8 Å². The maximum absolute atomic E-state index is 13.1. The van der Waals surface area contributed by atoms with Crippen LogP contribution in [0.3, 0.4) is 0 Å². The molecule has 2 aliphatic heterocycles. The molecule has 160 valence electrons. The van der Waals surface area contributed by atoms with Crippen LogP contribution >= 0.6 is 10.5 Å². The van der Waals surface area contributed by atoms with Gasteiger partial charge in [-0.1, -0.05) is 42.5 Å². The second-order valence-corrected chi connectivity index (χ2v) is 11.2. The molecule has 0 radical (unpaired) electrons. The average molecular weight is 443 g/mol. The molecule has 2 bridgehead atoms. The molecule has 2 saturated carbocycles. The molecule has 5 aliphatic rings. The van der Waals surface area contributed by atoms with Gasteiger partial charge in [-0.15, -0.1) is 10.5 Å². The summed E-state index contributed by atoms with van der Waals surface area (Å²) >= 11 is 0. The van der Waals surface area contributed by atoms with Gasteiger partial charge in [0.15, 0.2) is 5.78 Å². The van der Waals surface area contributed by atoms with Crippen molar-refractivity contribution >= 4 is 27.1 Å². The summed E-state index contributed by atoms with van der Waals surface area (Å²) in [6.07, 6.45) is 9.93. The number of benzene rings is 2. The minimum Gasteiger partial charge on any atom is -0.486 e. The minimum absolute atomic E-state index is 0.0307. The summed E-state index contributed by atoms with van der Waals surface area (Å²) in [5, 5.41) is 0. The van der Waals surface area contributed by atoms with Crippen LogP contribution in [-0.2, 0) is 9.53 Å². The van der Waals surface area contributed by atoms with Crippen LogP contribution in [0.15, 0.2) is 82.6 Å². The fraction of sp³-hybridized carbons (Fsp3) is 0.296. The van der Waals surface area contributed by atoms with Gasteiger partial charge in [0.1, 0.15) is 18.0 Å². The first-order valence-electron chi connectivity index (χ1n) is 11.3. The van der Waals surface area contributed by atoms with Crippen LogP contribution in [0.2, 0.25) is 0 Å². The summed E-state index contributed by atoms with van der Waals surface area (Å²) < 4.78 is 12.0. The Balaban J connectivity index is 1.23. The lowest BCUT2D eigenvalue weighted by Crippen LogP contribution is -2.36. The van der Waals surface area contributed by atoms with Crippen molar-refractivity contribution in [3.05, 3.63) is 78.4 Å². The van der Waals surface area contributed by atoms with Crippen molar-refractivity contribution in [3.63, 3.8) is 0 Å². The van der Waals surface area contributed by atoms with E-state index in [0.29, 0.717) is 11.8 Å². The van der Waals surface area contributed by atoms with Crippen LogP contribution in [0.4, 0.5) is 0 Å². The lowest BCUT2D eigenvalue weighted by molar-refractivity contribution is -0.145. The van der Waals surface area contributed by atoms with Crippen LogP contribution in [0.25, 0.3) is 0 Å². The number of ether oxygens (including phenoxy) is 2. The first-order chi connectivity index (χ1) is 15.7. The number of esters is 1. The van der Waals surface area contributed by atoms with Gasteiger partial charge >= 0.3 is 5.97 Å². The third-order valence-corrected chi connectivity index (χ3v) is 10.0. The van der Waals surface area contributed by atoms with E-state index in [2.05, 4.69) is 24.3 Å². The predicted octanol–water partition coefficient (Wildman–Crippen LogP) is 4.81. The van der Waals surface area contributed by atoms with Gasteiger partial charge in [-0.2, -0.15) is 0 Å². The average Bonchev–Trinajstić information content (AvgIpc) is 3.46. The highest BCUT2D eigenvalue weighted by atomic mass is 32.2. The largest absolute Gasteiger partial charge is 0.486 e. The third-order valence-electron chi connectivity index (χ3n) is 7.62. The Hall–Kier alpha value is -2.92. The quantitative estimate of drug-likeness (QED) is 0.506. The summed E-state index contributed by atoms with van der Waals surface area (Å²) in [6.45, 7) is 0. The first kappa shape index (κ1) is 18.6. The van der Waals surface area contributed by atoms with E-state index in [1.807, 2.05) is 48.6 Å². The van der Waals surface area contributed by atoms with E-state index < -0.39 is 0 Å². The molecule has 0 aromatic heterocycles. The highest BCUT2D eigenvalue weighted by molar-refractivity contribution is 8.16. The van der Waals surface area contributed by atoms with Gasteiger partial charge in [0.25, 0.3) is 0 Å². The van der Waals surface area contributed by atoms with Gasteiger partial charge < -0.3 is 9.47 Å². The molecule has 7 unspecified atom stereocenters. The van der Waals surface area contributed by atoms with Crippen molar-refractivity contribution in [2.24, 2.45) is 23.7 Å². The van der Waals surface area contributed by atoms with Gasteiger partial charge in [-0.05, 0) is 48.0 Å². The molecular weight excluding hydrogens is 420 g/mol. The lowest BCUT2D eigenvalue weighted by Gasteiger charge is -2.29. The maximum Gasteiger partial charge on any atom is 0.309 e. The zero-order valence-electron chi connectivity index (χ0n) is 17.3. The standard InChI is InChI=1S/C27H22O4S/c28-24-18-5-1-3-7-22(18)32(23-8-4-2-6-19(23)24)17-11-9-16(10-12-17)30-25-15-13-20-21(14-15)27(29)31-26(20)25/h1-12,15,18,20-21,25-26H,13-14H2. The smallest absolute Gasteiger partial charge is 0.309 e. The molecule has 7 rings (SSSR count). The number of carbonyl (C=O) groups excluding carboxylic acids is 2. The summed E-state index contributed by atoms with van der Waals surface area (Å²) in [7, 11) is -0.308. The Kier molecular flexibility index (Phi) is 3.95. The molecule has 0 spiro atoms. The van der Waals surface area contributed by atoms with E-state index in [4.69, 9.17) is 9.47 Å². The maximum atomic E-state index is 13.1. The number of allylic oxidation sites excluding steroid dienone is 4. The Labute approximate surface area is 188 Å². The molecule has 3 aliphatic carbocycles. The summed E-state index contributed by atoms with van der Waals surface area (Å²) in [4.78, 5) is 28.5. The van der Waals surface area contributed by atoms with Crippen molar-refractivity contribution in [1.29, 1.82) is 0 Å². The molecular formula is C27H22O4S. The van der Waals surface area contributed by atoms with E-state index in [1.165, 1.54) is 4.90 Å². The second kappa shape index (κ2) is 6.79. The second-order valence-electron chi connectivity index (χ2n) is 9.25. The number of hydrogen-bond acceptors (Lipinski definition) is 4. The number of fused-ring (bicyclic) bond motifs is 3. The molecule has 2 aromatic carbocycles.